The number of carbonyl (C=O) groups is 2. The lowest BCUT2D eigenvalue weighted by molar-refractivity contribution is -0.134. The molecular formula is C31H33ClN6O2. The third-order valence-electron chi connectivity index (χ3n) is 9.33. The van der Waals surface area contributed by atoms with Crippen LogP contribution in [-0.2, 0) is 17.9 Å². The molecule has 0 bridgehead atoms. The summed E-state index contributed by atoms with van der Waals surface area (Å²) in [5.41, 5.74) is 3.92. The smallest absolute Gasteiger partial charge is 0.276 e. The van der Waals surface area contributed by atoms with Gasteiger partial charge in [-0.1, -0.05) is 17.7 Å². The molecule has 6 heterocycles. The summed E-state index contributed by atoms with van der Waals surface area (Å²) in [6, 6.07) is 14.0. The summed E-state index contributed by atoms with van der Waals surface area (Å²) < 4.78 is 3.93. The summed E-state index contributed by atoms with van der Waals surface area (Å²) in [6.07, 6.45) is 12.1. The highest BCUT2D eigenvalue weighted by molar-refractivity contribution is 6.34. The molecule has 0 radical (unpaired) electrons. The van der Waals surface area contributed by atoms with E-state index in [2.05, 4.69) is 22.0 Å². The minimum atomic E-state index is -0.0939. The maximum atomic E-state index is 13.4. The van der Waals surface area contributed by atoms with Crippen LogP contribution in [0.5, 0.6) is 0 Å². The molecule has 0 saturated carbocycles. The lowest BCUT2D eigenvalue weighted by Gasteiger charge is -2.47. The van der Waals surface area contributed by atoms with E-state index in [4.69, 9.17) is 11.6 Å². The van der Waals surface area contributed by atoms with Crippen LogP contribution < -0.4 is 9.80 Å². The van der Waals surface area contributed by atoms with Gasteiger partial charge < -0.3 is 23.8 Å². The van der Waals surface area contributed by atoms with Gasteiger partial charge in [-0.2, -0.15) is 0 Å². The normalized spacial score (nSPS) is 18.9. The SMILES string of the molecule is O=C(Cn1ccc2ccc(N3CCn4ccc(Cl)c4C3=O)cc21)N1CCC2(CC1)CCN(c1ccncc1)CC2. The van der Waals surface area contributed by atoms with Crippen LogP contribution in [-0.4, -0.2) is 63.6 Å². The van der Waals surface area contributed by atoms with Crippen molar-refractivity contribution in [3.63, 3.8) is 0 Å². The minimum Gasteiger partial charge on any atom is -0.371 e. The number of halogens is 1. The van der Waals surface area contributed by atoms with Gasteiger partial charge in [-0.15, -0.1) is 0 Å². The van der Waals surface area contributed by atoms with E-state index in [1.807, 2.05) is 63.1 Å². The monoisotopic (exact) mass is 556 g/mol. The van der Waals surface area contributed by atoms with Crippen LogP contribution in [0.2, 0.25) is 5.02 Å². The number of carbonyl (C=O) groups excluding carboxylic acids is 2. The van der Waals surface area contributed by atoms with Gasteiger partial charge >= 0.3 is 0 Å². The molecular weight excluding hydrogens is 524 g/mol. The van der Waals surface area contributed by atoms with Crippen LogP contribution in [0.1, 0.15) is 36.2 Å². The van der Waals surface area contributed by atoms with Gasteiger partial charge in [0.05, 0.1) is 10.5 Å². The molecule has 2 saturated heterocycles. The number of hydrogen-bond acceptors (Lipinski definition) is 4. The number of likely N-dealkylation sites (tertiary alicyclic amines) is 1. The van der Waals surface area contributed by atoms with Gasteiger partial charge in [0.1, 0.15) is 12.2 Å². The molecule has 1 aromatic carbocycles. The summed E-state index contributed by atoms with van der Waals surface area (Å²) in [5, 5.41) is 1.54. The predicted molar refractivity (Wildman–Crippen MR) is 157 cm³/mol. The van der Waals surface area contributed by atoms with E-state index < -0.39 is 0 Å². The van der Waals surface area contributed by atoms with Crippen molar-refractivity contribution in [2.24, 2.45) is 5.41 Å². The Morgan fingerprint density at radius 2 is 1.60 bits per heavy atom. The molecule has 40 heavy (non-hydrogen) atoms. The predicted octanol–water partition coefficient (Wildman–Crippen LogP) is 5.06. The number of hydrogen-bond donors (Lipinski definition) is 0. The molecule has 3 aliphatic rings. The highest BCUT2D eigenvalue weighted by atomic mass is 35.5. The fraction of sp³-hybridized carbons (Fsp3) is 0.387. The number of anilines is 2. The number of nitrogens with zero attached hydrogens (tertiary/aromatic N) is 6. The van der Waals surface area contributed by atoms with Gasteiger partial charge in [-0.25, -0.2) is 0 Å². The Hall–Kier alpha value is -3.78. The van der Waals surface area contributed by atoms with Crippen molar-refractivity contribution in [3.8, 4) is 0 Å². The first kappa shape index (κ1) is 25.2. The average molecular weight is 557 g/mol. The van der Waals surface area contributed by atoms with Gasteiger partial charge in [-0.3, -0.25) is 14.6 Å². The van der Waals surface area contributed by atoms with Gasteiger partial charge in [0.15, 0.2) is 0 Å². The third kappa shape index (κ3) is 4.44. The summed E-state index contributed by atoms with van der Waals surface area (Å²) >= 11 is 6.30. The van der Waals surface area contributed by atoms with Crippen LogP contribution in [0.15, 0.2) is 67.3 Å². The van der Waals surface area contributed by atoms with Gasteiger partial charge in [0.2, 0.25) is 5.91 Å². The molecule has 9 heteroatoms. The second kappa shape index (κ2) is 10.0. The number of piperidine rings is 2. The molecule has 2 fully saturated rings. The Balaban J connectivity index is 1.00. The third-order valence-corrected chi connectivity index (χ3v) is 9.64. The van der Waals surface area contributed by atoms with E-state index >= 15 is 0 Å². The number of pyridine rings is 1. The van der Waals surface area contributed by atoms with E-state index in [1.165, 1.54) is 18.5 Å². The molecule has 4 aromatic rings. The molecule has 2 amide bonds. The van der Waals surface area contributed by atoms with E-state index in [1.54, 1.807) is 11.0 Å². The number of rotatable bonds is 4. The second-order valence-corrected chi connectivity index (χ2v) is 11.8. The molecule has 7 rings (SSSR count). The number of benzene rings is 1. The van der Waals surface area contributed by atoms with Crippen LogP contribution >= 0.6 is 11.6 Å². The van der Waals surface area contributed by atoms with E-state index in [-0.39, 0.29) is 11.8 Å². The molecule has 0 N–H and O–H groups in total. The quantitative estimate of drug-likeness (QED) is 0.352. The standard InChI is InChI=1S/C31H33ClN6O2/c32-26-6-14-36-19-20-38(30(40)29(26)36)25-2-1-23-5-13-37(27(23)21-25)22-28(39)35-17-9-31(10-18-35)7-15-34(16-8-31)24-3-11-33-12-4-24/h1-6,11-14,21H,7-10,15-20,22H2. The molecule has 3 aliphatic heterocycles. The van der Waals surface area contributed by atoms with Crippen LogP contribution in [0.3, 0.4) is 0 Å². The van der Waals surface area contributed by atoms with Crippen LogP contribution in [0.25, 0.3) is 10.9 Å². The van der Waals surface area contributed by atoms with Crippen molar-refractivity contribution in [1.82, 2.24) is 19.0 Å². The summed E-state index contributed by atoms with van der Waals surface area (Å²) in [4.78, 5) is 37.0. The lowest BCUT2D eigenvalue weighted by Crippen LogP contribution is -2.48. The topological polar surface area (TPSA) is 66.6 Å². The molecule has 3 aromatic heterocycles. The van der Waals surface area contributed by atoms with Crippen LogP contribution in [0, 0.1) is 5.41 Å². The van der Waals surface area contributed by atoms with Gasteiger partial charge in [0.25, 0.3) is 5.91 Å². The van der Waals surface area contributed by atoms with Crippen molar-refractivity contribution in [1.29, 1.82) is 0 Å². The minimum absolute atomic E-state index is 0.0939. The maximum absolute atomic E-state index is 13.4. The Bertz CT molecular complexity index is 1560. The highest BCUT2D eigenvalue weighted by Gasteiger charge is 2.38. The molecule has 0 aliphatic carbocycles. The lowest BCUT2D eigenvalue weighted by atomic mass is 9.71. The van der Waals surface area contributed by atoms with E-state index in [0.29, 0.717) is 35.8 Å². The fourth-order valence-electron chi connectivity index (χ4n) is 6.79. The number of amides is 2. The second-order valence-electron chi connectivity index (χ2n) is 11.4. The Kier molecular flexibility index (Phi) is 6.30. The van der Waals surface area contributed by atoms with Crippen molar-refractivity contribution in [3.05, 3.63) is 78.0 Å². The molecule has 1 spiro atoms. The van der Waals surface area contributed by atoms with Gasteiger partial charge in [0, 0.05) is 75.4 Å². The number of fused-ring (bicyclic) bond motifs is 2. The summed E-state index contributed by atoms with van der Waals surface area (Å²) in [6.45, 7) is 5.35. The molecule has 8 nitrogen and oxygen atoms in total. The zero-order valence-corrected chi connectivity index (χ0v) is 23.3. The summed E-state index contributed by atoms with van der Waals surface area (Å²) in [5.74, 6) is 0.0641. The fourth-order valence-corrected chi connectivity index (χ4v) is 7.04. The Morgan fingerprint density at radius 1 is 0.850 bits per heavy atom. The Labute approximate surface area is 238 Å². The number of aromatic nitrogens is 3. The van der Waals surface area contributed by atoms with Crippen molar-refractivity contribution < 1.29 is 9.59 Å². The molecule has 0 atom stereocenters. The van der Waals surface area contributed by atoms with Crippen molar-refractivity contribution in [2.75, 3.05) is 42.5 Å². The molecule has 0 unspecified atom stereocenters. The molecule has 206 valence electrons. The first-order chi connectivity index (χ1) is 19.5. The zero-order chi connectivity index (χ0) is 27.3. The van der Waals surface area contributed by atoms with E-state index in [0.717, 1.165) is 55.6 Å². The highest BCUT2D eigenvalue weighted by Crippen LogP contribution is 2.42. The van der Waals surface area contributed by atoms with Gasteiger partial charge in [-0.05, 0) is 72.9 Å². The van der Waals surface area contributed by atoms with Crippen LogP contribution in [0.4, 0.5) is 11.4 Å². The van der Waals surface area contributed by atoms with Crippen molar-refractivity contribution >= 4 is 45.7 Å². The first-order valence-corrected chi connectivity index (χ1v) is 14.6. The largest absolute Gasteiger partial charge is 0.371 e. The summed E-state index contributed by atoms with van der Waals surface area (Å²) in [7, 11) is 0. The maximum Gasteiger partial charge on any atom is 0.276 e. The average Bonchev–Trinajstić information content (AvgIpc) is 3.57. The first-order valence-electron chi connectivity index (χ1n) is 14.2. The van der Waals surface area contributed by atoms with E-state index in [9.17, 15) is 9.59 Å². The zero-order valence-electron chi connectivity index (χ0n) is 22.5. The Morgan fingerprint density at radius 3 is 2.38 bits per heavy atom. The van der Waals surface area contributed by atoms with Crippen molar-refractivity contribution in [2.45, 2.75) is 38.8 Å².